The lowest BCUT2D eigenvalue weighted by Crippen LogP contribution is -2.48. The summed E-state index contributed by atoms with van der Waals surface area (Å²) in [5.74, 6) is -0.0434. The lowest BCUT2D eigenvalue weighted by atomic mass is 10.1. The summed E-state index contributed by atoms with van der Waals surface area (Å²) in [5.41, 5.74) is 2.37. The lowest BCUT2D eigenvalue weighted by Gasteiger charge is -2.34. The summed E-state index contributed by atoms with van der Waals surface area (Å²) in [4.78, 5) is 17.6. The van der Waals surface area contributed by atoms with Gasteiger partial charge in [0.15, 0.2) is 0 Å². The minimum atomic E-state index is -2.90. The van der Waals surface area contributed by atoms with Crippen LogP contribution in [0.3, 0.4) is 0 Å². The second-order valence-corrected chi connectivity index (χ2v) is 8.92. The predicted molar refractivity (Wildman–Crippen MR) is 122 cm³/mol. The molecule has 0 saturated carbocycles. The number of hydrogen-bond donors (Lipinski definition) is 2. The SMILES string of the molecule is Cl.O=C(c1cccc2c1C=CS2(O)O)N1CCN(C/C=C/c2ccccc2)CC1. The molecule has 0 atom stereocenters. The number of piperazine rings is 1. The highest BCUT2D eigenvalue weighted by Crippen LogP contribution is 2.56. The summed E-state index contributed by atoms with van der Waals surface area (Å²) in [7, 11) is -2.90. The van der Waals surface area contributed by atoms with Gasteiger partial charge in [-0.15, -0.1) is 23.0 Å². The number of amides is 1. The topological polar surface area (TPSA) is 64.0 Å². The first kappa shape index (κ1) is 21.6. The van der Waals surface area contributed by atoms with Gasteiger partial charge in [-0.3, -0.25) is 18.8 Å². The summed E-state index contributed by atoms with van der Waals surface area (Å²) in [6.07, 6.45) is 5.94. The van der Waals surface area contributed by atoms with Crippen LogP contribution in [0.15, 0.2) is 64.9 Å². The number of hydrogen-bond acceptors (Lipinski definition) is 4. The molecule has 0 aromatic heterocycles. The van der Waals surface area contributed by atoms with Crippen LogP contribution >= 0.6 is 23.0 Å². The quantitative estimate of drug-likeness (QED) is 0.736. The zero-order valence-electron chi connectivity index (χ0n) is 16.0. The van der Waals surface area contributed by atoms with E-state index < -0.39 is 10.6 Å². The van der Waals surface area contributed by atoms with Gasteiger partial charge in [0.2, 0.25) is 0 Å². The van der Waals surface area contributed by atoms with Crippen LogP contribution in [0.5, 0.6) is 0 Å². The molecular weight excluding hydrogens is 408 g/mol. The highest BCUT2D eigenvalue weighted by atomic mass is 35.5. The van der Waals surface area contributed by atoms with Crippen molar-refractivity contribution in [1.29, 1.82) is 0 Å². The van der Waals surface area contributed by atoms with Crippen LogP contribution in [0, 0.1) is 0 Å². The van der Waals surface area contributed by atoms with Crippen LogP contribution in [0.25, 0.3) is 12.2 Å². The van der Waals surface area contributed by atoms with Crippen LogP contribution in [-0.4, -0.2) is 57.5 Å². The van der Waals surface area contributed by atoms with Crippen LogP contribution in [0.4, 0.5) is 0 Å². The van der Waals surface area contributed by atoms with Gasteiger partial charge in [-0.1, -0.05) is 48.6 Å². The summed E-state index contributed by atoms with van der Waals surface area (Å²) >= 11 is 0. The first-order valence-electron chi connectivity index (χ1n) is 9.37. The molecule has 1 saturated heterocycles. The number of carbonyl (C=O) groups excluding carboxylic acids is 1. The van der Waals surface area contributed by atoms with Crippen LogP contribution in [0.1, 0.15) is 21.5 Å². The van der Waals surface area contributed by atoms with Gasteiger partial charge in [-0.05, 0) is 23.8 Å². The molecule has 0 radical (unpaired) electrons. The molecule has 29 heavy (non-hydrogen) atoms. The van der Waals surface area contributed by atoms with Crippen molar-refractivity contribution in [2.24, 2.45) is 0 Å². The monoisotopic (exact) mass is 432 g/mol. The Labute approximate surface area is 179 Å². The molecule has 7 heteroatoms. The Morgan fingerprint density at radius 2 is 1.72 bits per heavy atom. The van der Waals surface area contributed by atoms with E-state index in [1.54, 1.807) is 24.3 Å². The Bertz CT molecular complexity index is 923. The van der Waals surface area contributed by atoms with Crippen molar-refractivity contribution in [2.45, 2.75) is 4.90 Å². The Morgan fingerprint density at radius 1 is 1.00 bits per heavy atom. The van der Waals surface area contributed by atoms with Gasteiger partial charge in [0.25, 0.3) is 5.91 Å². The van der Waals surface area contributed by atoms with Crippen molar-refractivity contribution in [3.05, 3.63) is 76.7 Å². The van der Waals surface area contributed by atoms with E-state index in [2.05, 4.69) is 29.2 Å². The molecule has 4 rings (SSSR count). The largest absolute Gasteiger partial charge is 0.336 e. The number of fused-ring (bicyclic) bond motifs is 1. The summed E-state index contributed by atoms with van der Waals surface area (Å²) in [6, 6.07) is 15.4. The second-order valence-electron chi connectivity index (χ2n) is 7.02. The molecule has 5 nitrogen and oxygen atoms in total. The Balaban J connectivity index is 0.00000240. The molecule has 0 spiro atoms. The maximum atomic E-state index is 13.0. The van der Waals surface area contributed by atoms with Gasteiger partial charge in [-0.2, -0.15) is 0 Å². The first-order valence-corrected chi connectivity index (χ1v) is 11.0. The fourth-order valence-electron chi connectivity index (χ4n) is 3.61. The molecule has 154 valence electrons. The smallest absolute Gasteiger partial charge is 0.254 e. The van der Waals surface area contributed by atoms with Crippen molar-refractivity contribution in [1.82, 2.24) is 9.80 Å². The normalized spacial score (nSPS) is 19.0. The third-order valence-corrected chi connectivity index (χ3v) is 6.70. The summed E-state index contributed by atoms with van der Waals surface area (Å²) < 4.78 is 20.2. The highest BCUT2D eigenvalue weighted by Gasteiger charge is 2.28. The van der Waals surface area contributed by atoms with Crippen molar-refractivity contribution in [2.75, 3.05) is 32.7 Å². The third-order valence-electron chi connectivity index (χ3n) is 5.18. The number of benzene rings is 2. The molecule has 2 N–H and O–H groups in total. The molecule has 1 fully saturated rings. The van der Waals surface area contributed by atoms with Gasteiger partial charge in [0, 0.05) is 49.3 Å². The zero-order valence-corrected chi connectivity index (χ0v) is 17.6. The fourth-order valence-corrected chi connectivity index (χ4v) is 4.86. The van der Waals surface area contributed by atoms with Gasteiger partial charge in [0.05, 0.1) is 4.90 Å². The fraction of sp³-hybridized carbons (Fsp3) is 0.227. The summed E-state index contributed by atoms with van der Waals surface area (Å²) in [6.45, 7) is 3.85. The lowest BCUT2D eigenvalue weighted by molar-refractivity contribution is 0.0650. The minimum Gasteiger partial charge on any atom is -0.336 e. The van der Waals surface area contributed by atoms with Crippen molar-refractivity contribution >= 4 is 41.1 Å². The van der Waals surface area contributed by atoms with Gasteiger partial charge in [-0.25, -0.2) is 0 Å². The van der Waals surface area contributed by atoms with E-state index in [0.29, 0.717) is 29.1 Å². The van der Waals surface area contributed by atoms with E-state index >= 15 is 0 Å². The summed E-state index contributed by atoms with van der Waals surface area (Å²) in [5, 5.41) is 1.39. The first-order chi connectivity index (χ1) is 13.5. The molecule has 1 amide bonds. The highest BCUT2D eigenvalue weighted by molar-refractivity contribution is 8.27. The maximum absolute atomic E-state index is 13.0. The average Bonchev–Trinajstić information content (AvgIpc) is 3.04. The molecule has 0 bridgehead atoms. The Hall–Kier alpha value is -2.09. The van der Waals surface area contributed by atoms with E-state index in [1.165, 1.54) is 11.0 Å². The van der Waals surface area contributed by atoms with E-state index in [-0.39, 0.29) is 18.3 Å². The van der Waals surface area contributed by atoms with Crippen molar-refractivity contribution in [3.8, 4) is 0 Å². The average molecular weight is 433 g/mol. The van der Waals surface area contributed by atoms with Crippen LogP contribution < -0.4 is 0 Å². The van der Waals surface area contributed by atoms with E-state index in [0.717, 1.165) is 19.6 Å². The van der Waals surface area contributed by atoms with Crippen molar-refractivity contribution < 1.29 is 13.9 Å². The minimum absolute atomic E-state index is 0. The molecule has 2 aromatic carbocycles. The number of carbonyl (C=O) groups is 1. The molecule has 2 aromatic rings. The van der Waals surface area contributed by atoms with E-state index in [4.69, 9.17) is 0 Å². The molecule has 2 aliphatic rings. The third kappa shape index (κ3) is 4.74. The van der Waals surface area contributed by atoms with Crippen LogP contribution in [0.2, 0.25) is 0 Å². The number of halogens is 1. The van der Waals surface area contributed by atoms with Crippen LogP contribution in [-0.2, 0) is 0 Å². The van der Waals surface area contributed by atoms with E-state index in [1.807, 2.05) is 23.1 Å². The predicted octanol–water partition coefficient (Wildman–Crippen LogP) is 4.67. The molecule has 2 aliphatic heterocycles. The van der Waals surface area contributed by atoms with Gasteiger partial charge in [0.1, 0.15) is 0 Å². The van der Waals surface area contributed by atoms with Crippen molar-refractivity contribution in [3.63, 3.8) is 0 Å². The second kappa shape index (κ2) is 9.15. The molecule has 0 aliphatic carbocycles. The number of nitrogens with zero attached hydrogens (tertiary/aromatic N) is 2. The van der Waals surface area contributed by atoms with Gasteiger partial charge < -0.3 is 4.90 Å². The number of rotatable bonds is 4. The Kier molecular flexibility index (Phi) is 6.82. The standard InChI is InChI=1S/C22H24N2O3S.ClH/c25-22(20-9-4-10-21-19(20)11-17-28(21,26)27)24-15-13-23(14-16-24)12-5-8-18-6-2-1-3-7-18;/h1-11,17,26-27H,12-16H2;1H/b8-5+;. The maximum Gasteiger partial charge on any atom is 0.254 e. The van der Waals surface area contributed by atoms with Gasteiger partial charge >= 0.3 is 0 Å². The zero-order chi connectivity index (χ0) is 19.6. The Morgan fingerprint density at radius 3 is 2.45 bits per heavy atom. The van der Waals surface area contributed by atoms with E-state index in [9.17, 15) is 13.9 Å². The molecule has 0 unspecified atom stereocenters. The molecular formula is C22H25ClN2O3S. The molecule has 2 heterocycles.